The molecule has 0 unspecified atom stereocenters. The first kappa shape index (κ1) is 71.9. The molecule has 0 radical (unpaired) electrons. The Morgan fingerprint density at radius 2 is 0.970 bits per heavy atom. The van der Waals surface area contributed by atoms with Crippen molar-refractivity contribution in [1.29, 1.82) is 0 Å². The van der Waals surface area contributed by atoms with Gasteiger partial charge < -0.3 is 42.3 Å². The van der Waals surface area contributed by atoms with Gasteiger partial charge in [0.25, 0.3) is 16.6 Å². The second kappa shape index (κ2) is 32.4. The van der Waals surface area contributed by atoms with Gasteiger partial charge in [0.05, 0.1) is 79.5 Å². The number of hydrogen-bond acceptors (Lipinski definition) is 14. The van der Waals surface area contributed by atoms with E-state index >= 15 is 0 Å². The van der Waals surface area contributed by atoms with E-state index in [2.05, 4.69) is 224 Å². The molecule has 0 amide bonds. The van der Waals surface area contributed by atoms with Crippen LogP contribution < -0.4 is 32.1 Å². The number of rotatable bonds is 21. The van der Waals surface area contributed by atoms with Gasteiger partial charge in [-0.1, -0.05) is 163 Å². The summed E-state index contributed by atoms with van der Waals surface area (Å²) in [5.74, 6) is 1.43. The Kier molecular flexibility index (Phi) is 23.3. The van der Waals surface area contributed by atoms with Gasteiger partial charge in [-0.05, 0) is 125 Å². The van der Waals surface area contributed by atoms with Gasteiger partial charge >= 0.3 is 11.4 Å². The van der Waals surface area contributed by atoms with Crippen LogP contribution in [-0.4, -0.2) is 132 Å². The summed E-state index contributed by atoms with van der Waals surface area (Å²) in [6.07, 6.45) is 16.5. The van der Waals surface area contributed by atoms with Crippen molar-refractivity contribution in [2.75, 3.05) is 52.9 Å². The lowest BCUT2D eigenvalue weighted by molar-refractivity contribution is -0.0231. The molecule has 12 aromatic rings. The first-order chi connectivity index (χ1) is 48.5. The zero-order valence-corrected chi connectivity index (χ0v) is 62.9. The SMILES string of the molecule is C1CCOC1.CC(C)(C)[Si](OCCCCn1c(CO)nc2cc(Br)cnc21)(c1ccccc1)c1ccccc1.CC(C)(C)[Si](OCCCCn1c(Cn2c(=O)n(C3COC3)c3ccncc32)nc2cc(Br)cnc21)(c1ccccc1)c1ccccc1.O=c1[nH]c2cnccc2n1C1COC1. The number of ether oxygens (including phenoxy) is 3. The van der Waals surface area contributed by atoms with E-state index in [1.807, 2.05) is 33.4 Å². The number of imidazole rings is 4. The predicted octanol–water partition coefficient (Wildman–Crippen LogP) is 11.8. The molecule has 0 spiro atoms. The van der Waals surface area contributed by atoms with E-state index in [1.54, 1.807) is 46.3 Å². The van der Waals surface area contributed by atoms with Crippen molar-refractivity contribution in [1.82, 2.24) is 57.7 Å². The summed E-state index contributed by atoms with van der Waals surface area (Å²) in [5.41, 5.74) is 6.37. The molecule has 3 aliphatic heterocycles. The van der Waals surface area contributed by atoms with E-state index in [1.165, 1.54) is 33.6 Å². The van der Waals surface area contributed by atoms with E-state index in [0.29, 0.717) is 58.6 Å². The molecule has 2 N–H and O–H groups in total. The number of pyridine rings is 4. The van der Waals surface area contributed by atoms with Crippen LogP contribution in [0, 0.1) is 0 Å². The number of aromatic amines is 1. The van der Waals surface area contributed by atoms with Crippen LogP contribution in [0.4, 0.5) is 0 Å². The number of aryl methyl sites for hydroxylation is 2. The monoisotopic (exact) mass is 1510 g/mol. The molecule has 522 valence electrons. The number of unbranched alkanes of at least 4 members (excludes halogenated alkanes) is 2. The minimum atomic E-state index is -2.61. The highest BCUT2D eigenvalue weighted by atomic mass is 79.9. The fraction of sp³-hybridized carbons (Fsp3) is 0.368. The molecule has 20 nitrogen and oxygen atoms in total. The number of hydrogen-bond donors (Lipinski definition) is 2. The predicted molar refractivity (Wildman–Crippen MR) is 405 cm³/mol. The number of halogens is 2. The molecule has 4 aromatic carbocycles. The maximum absolute atomic E-state index is 13.8. The minimum absolute atomic E-state index is 0.0284. The molecule has 3 aliphatic rings. The standard InChI is InChI=1S/C36H39BrN6O3Si.C27H32BrN3O2Si.C9H9N3O2.C4H8O/c1-36(2,3)47(28-12-6-4-7-13-28,29-14-8-5-9-15-29)46-19-11-10-18-41-33(40-30-20-26(37)21-39-34(30)41)23-42-32-22-38-17-16-31(32)43(35(42)44)27-24-45-25-27;1-27(2,3)34(22-12-6-4-7-13-22,23-14-8-5-9-15-23)33-17-11-10-16-31-25(20-32)30-24-18-21(28)19-29-26(24)31;13-9-11-7-3-10-2-1-8(7)12(9)6-4-14-5-6;1-2-4-5-3-1/h4-9,12-17,20-22,27H,10-11,18-19,23-25H2,1-3H3;4-9,12-15,18-19,32H,10-11,16-17,20H2,1-3H3;1-3,6H,4-5H2,(H,11,13);1-4H2. The molecule has 0 saturated carbocycles. The third-order valence-corrected chi connectivity index (χ3v) is 29.8. The molecule has 100 heavy (non-hydrogen) atoms. The Morgan fingerprint density at radius 3 is 1.40 bits per heavy atom. The largest absolute Gasteiger partial charge is 0.407 e. The molecule has 0 aliphatic carbocycles. The number of H-pyrrole nitrogens is 1. The van der Waals surface area contributed by atoms with E-state index in [4.69, 9.17) is 33.0 Å². The first-order valence-electron chi connectivity index (χ1n) is 34.4. The second-order valence-electron chi connectivity index (χ2n) is 27.4. The van der Waals surface area contributed by atoms with Gasteiger partial charge in [-0.3, -0.25) is 23.7 Å². The van der Waals surface area contributed by atoms with Crippen LogP contribution in [0.15, 0.2) is 201 Å². The van der Waals surface area contributed by atoms with Gasteiger partial charge in [0, 0.05) is 73.2 Å². The third-order valence-electron chi connectivity index (χ3n) is 18.8. The molecule has 24 heteroatoms. The maximum atomic E-state index is 13.8. The Hall–Kier alpha value is -7.89. The van der Waals surface area contributed by atoms with Gasteiger partial charge in [-0.25, -0.2) is 29.5 Å². The van der Waals surface area contributed by atoms with Crippen molar-refractivity contribution in [2.45, 2.75) is 128 Å². The van der Waals surface area contributed by atoms with Crippen molar-refractivity contribution in [3.05, 3.63) is 224 Å². The van der Waals surface area contributed by atoms with Gasteiger partial charge in [0.15, 0.2) is 11.3 Å². The van der Waals surface area contributed by atoms with Gasteiger partial charge in [0.1, 0.15) is 29.3 Å². The Bertz CT molecular complexity index is 4690. The van der Waals surface area contributed by atoms with Crippen LogP contribution in [0.25, 0.3) is 44.4 Å². The molecular weight excluding hydrogens is 1420 g/mol. The van der Waals surface area contributed by atoms with Crippen molar-refractivity contribution in [3.63, 3.8) is 0 Å². The fourth-order valence-electron chi connectivity index (χ4n) is 13.9. The normalized spacial score (nSPS) is 14.5. The average molecular weight is 1510 g/mol. The number of aromatic nitrogens is 12. The van der Waals surface area contributed by atoms with Gasteiger partial charge in [-0.2, -0.15) is 0 Å². The smallest absolute Gasteiger partial charge is 0.329 e. The summed E-state index contributed by atoms with van der Waals surface area (Å²) >= 11 is 7.00. The lowest BCUT2D eigenvalue weighted by Gasteiger charge is -2.43. The summed E-state index contributed by atoms with van der Waals surface area (Å²) in [7, 11) is -5.12. The van der Waals surface area contributed by atoms with Crippen LogP contribution in [-0.2, 0) is 49.3 Å². The summed E-state index contributed by atoms with van der Waals surface area (Å²) in [5, 5.41) is 14.9. The van der Waals surface area contributed by atoms with Crippen LogP contribution in [0.3, 0.4) is 0 Å². The minimum Gasteiger partial charge on any atom is -0.407 e. The Morgan fingerprint density at radius 1 is 0.530 bits per heavy atom. The van der Waals surface area contributed by atoms with Crippen LogP contribution in [0.5, 0.6) is 0 Å². The first-order valence-corrected chi connectivity index (χ1v) is 39.9. The Labute approximate surface area is 601 Å². The summed E-state index contributed by atoms with van der Waals surface area (Å²) in [6, 6.07) is 50.8. The highest BCUT2D eigenvalue weighted by Gasteiger charge is 2.51. The molecule has 3 fully saturated rings. The highest BCUT2D eigenvalue weighted by Crippen LogP contribution is 2.39. The van der Waals surface area contributed by atoms with E-state index < -0.39 is 16.6 Å². The Balaban J connectivity index is 0.000000154. The quantitative estimate of drug-likeness (QED) is 0.0505. The molecule has 15 rings (SSSR count). The van der Waals surface area contributed by atoms with Crippen molar-refractivity contribution in [2.24, 2.45) is 0 Å². The molecule has 8 aromatic heterocycles. The molecule has 0 atom stereocenters. The second-order valence-corrected chi connectivity index (χ2v) is 37.9. The number of benzene rings is 4. The summed E-state index contributed by atoms with van der Waals surface area (Å²) < 4.78 is 40.8. The summed E-state index contributed by atoms with van der Waals surface area (Å²) in [6.45, 7) is 21.1. The maximum Gasteiger partial charge on any atom is 0.329 e. The van der Waals surface area contributed by atoms with Crippen molar-refractivity contribution < 1.29 is 28.2 Å². The number of aliphatic hydroxyl groups excluding tert-OH is 1. The summed E-state index contributed by atoms with van der Waals surface area (Å²) in [4.78, 5) is 55.2. The van der Waals surface area contributed by atoms with Crippen LogP contribution >= 0.6 is 31.9 Å². The lowest BCUT2D eigenvalue weighted by Crippen LogP contribution is -2.66. The number of fused-ring (bicyclic) bond motifs is 4. The molecular formula is C76H88Br2N12O8Si2. The topological polar surface area (TPSA) is 218 Å². The van der Waals surface area contributed by atoms with Gasteiger partial charge in [-0.15, -0.1) is 0 Å². The molecule has 3 saturated heterocycles. The highest BCUT2D eigenvalue weighted by molar-refractivity contribution is 9.10. The van der Waals surface area contributed by atoms with Crippen LogP contribution in [0.1, 0.15) is 104 Å². The van der Waals surface area contributed by atoms with Crippen LogP contribution in [0.2, 0.25) is 10.1 Å². The lowest BCUT2D eigenvalue weighted by atomic mass is 10.2. The van der Waals surface area contributed by atoms with Crippen molar-refractivity contribution in [3.8, 4) is 0 Å². The fourth-order valence-corrected chi connectivity index (χ4v) is 23.7. The average Bonchev–Trinajstić information content (AvgIpc) is 1.19. The number of nitrogens with zero attached hydrogens (tertiary/aromatic N) is 11. The number of nitrogens with one attached hydrogen (secondary N) is 1. The van der Waals surface area contributed by atoms with E-state index in [-0.39, 0.29) is 40.1 Å². The molecule has 0 bridgehead atoms. The zero-order chi connectivity index (χ0) is 69.9. The molecule has 11 heterocycles. The van der Waals surface area contributed by atoms with E-state index in [9.17, 15) is 14.7 Å². The van der Waals surface area contributed by atoms with E-state index in [0.717, 1.165) is 105 Å². The van der Waals surface area contributed by atoms with Gasteiger partial charge in [0.2, 0.25) is 0 Å². The number of aliphatic hydroxyl groups is 1. The third kappa shape index (κ3) is 15.5. The van der Waals surface area contributed by atoms with Crippen molar-refractivity contribution >= 4 is 114 Å². The zero-order valence-electron chi connectivity index (χ0n) is 57.7.